The van der Waals surface area contributed by atoms with E-state index in [1.54, 1.807) is 0 Å². The van der Waals surface area contributed by atoms with Crippen molar-refractivity contribution >= 4 is 35.0 Å². The molecule has 6 nitrogen and oxygen atoms in total. The molecule has 1 aliphatic rings. The van der Waals surface area contributed by atoms with Crippen LogP contribution in [0.25, 0.3) is 0 Å². The highest BCUT2D eigenvalue weighted by Crippen LogP contribution is 2.33. The van der Waals surface area contributed by atoms with Gasteiger partial charge in [0.05, 0.1) is 5.56 Å². The number of hydrogen-bond acceptors (Lipinski definition) is 6. The molecule has 0 radical (unpaired) electrons. The Morgan fingerprint density at radius 2 is 1.56 bits per heavy atom. The second kappa shape index (κ2) is 7.96. The van der Waals surface area contributed by atoms with Gasteiger partial charge in [0.2, 0.25) is 0 Å². The highest BCUT2D eigenvalue weighted by molar-refractivity contribution is 6.31. The number of Topliss-reactive ketones (excluding diaryl/α,β-unsaturated/α-hetero) is 1. The summed E-state index contributed by atoms with van der Waals surface area (Å²) in [5.41, 5.74) is -1.58. The van der Waals surface area contributed by atoms with Crippen molar-refractivity contribution in [1.82, 2.24) is 0 Å². The molecular weight excluding hydrogens is 395 g/mol. The maximum absolute atomic E-state index is 12.7. The van der Waals surface area contributed by atoms with Gasteiger partial charge in [-0.2, -0.15) is 0 Å². The van der Waals surface area contributed by atoms with Gasteiger partial charge in [-0.05, 0) is 48.5 Å². The third-order valence-corrected chi connectivity index (χ3v) is 4.79. The molecule has 2 aromatic carbocycles. The Morgan fingerprint density at radius 1 is 1.04 bits per heavy atom. The second-order valence-corrected chi connectivity index (χ2v) is 7.02. The van der Waals surface area contributed by atoms with E-state index >= 15 is 0 Å². The number of esters is 1. The van der Waals surface area contributed by atoms with Crippen LogP contribution in [0.15, 0.2) is 48.5 Å². The lowest BCUT2D eigenvalue weighted by atomic mass is 9.86. The molecule has 0 spiro atoms. The molecule has 0 saturated carbocycles. The zero-order valence-electron chi connectivity index (χ0n) is 14.0. The van der Waals surface area contributed by atoms with E-state index < -0.39 is 36.4 Å². The van der Waals surface area contributed by atoms with E-state index in [1.165, 1.54) is 48.5 Å². The molecule has 0 aromatic heterocycles. The zero-order valence-corrected chi connectivity index (χ0v) is 15.5. The molecule has 142 valence electrons. The van der Waals surface area contributed by atoms with Crippen LogP contribution in [-0.2, 0) is 9.47 Å². The largest absolute Gasteiger partial charge is 0.459 e. The molecule has 3 atom stereocenters. The first-order valence-electron chi connectivity index (χ1n) is 8.08. The van der Waals surface area contributed by atoms with Crippen LogP contribution in [0.2, 0.25) is 10.0 Å². The van der Waals surface area contributed by atoms with Crippen molar-refractivity contribution in [3.63, 3.8) is 0 Å². The third-order valence-electron chi connectivity index (χ3n) is 4.29. The van der Waals surface area contributed by atoms with Crippen molar-refractivity contribution in [2.45, 2.75) is 24.4 Å². The molecule has 0 bridgehead atoms. The number of halogens is 2. The van der Waals surface area contributed by atoms with E-state index in [0.29, 0.717) is 10.0 Å². The van der Waals surface area contributed by atoms with Crippen LogP contribution >= 0.6 is 23.2 Å². The van der Waals surface area contributed by atoms with Gasteiger partial charge < -0.3 is 19.7 Å². The molecule has 1 fully saturated rings. The van der Waals surface area contributed by atoms with Gasteiger partial charge in [0.15, 0.2) is 17.7 Å². The second-order valence-electron chi connectivity index (χ2n) is 6.15. The Kier molecular flexibility index (Phi) is 5.83. The summed E-state index contributed by atoms with van der Waals surface area (Å²) >= 11 is 11.6. The van der Waals surface area contributed by atoms with E-state index in [0.717, 1.165) is 0 Å². The van der Waals surface area contributed by atoms with E-state index in [2.05, 4.69) is 0 Å². The van der Waals surface area contributed by atoms with Crippen LogP contribution in [0.5, 0.6) is 0 Å². The molecule has 1 heterocycles. The van der Waals surface area contributed by atoms with Crippen molar-refractivity contribution in [2.24, 2.45) is 0 Å². The van der Waals surface area contributed by atoms with Gasteiger partial charge in [-0.3, -0.25) is 4.79 Å². The highest BCUT2D eigenvalue weighted by Gasteiger charge is 2.53. The average molecular weight is 411 g/mol. The Morgan fingerprint density at radius 3 is 2.11 bits per heavy atom. The summed E-state index contributed by atoms with van der Waals surface area (Å²) < 4.78 is 10.4. The van der Waals surface area contributed by atoms with Gasteiger partial charge in [0.25, 0.3) is 0 Å². The van der Waals surface area contributed by atoms with E-state index in [9.17, 15) is 19.8 Å². The number of aliphatic hydroxyl groups is 2. The monoisotopic (exact) mass is 410 g/mol. The molecule has 27 heavy (non-hydrogen) atoms. The average Bonchev–Trinajstić information content (AvgIpc) is 2.95. The number of benzene rings is 2. The van der Waals surface area contributed by atoms with Gasteiger partial charge in [0, 0.05) is 22.0 Å². The Bertz CT molecular complexity index is 836. The first-order valence-corrected chi connectivity index (χ1v) is 8.84. The summed E-state index contributed by atoms with van der Waals surface area (Å²) in [6.07, 6.45) is -2.91. The summed E-state index contributed by atoms with van der Waals surface area (Å²) in [5, 5.41) is 21.5. The fourth-order valence-corrected chi connectivity index (χ4v) is 3.09. The molecule has 1 saturated heterocycles. The van der Waals surface area contributed by atoms with Crippen molar-refractivity contribution in [3.8, 4) is 0 Å². The summed E-state index contributed by atoms with van der Waals surface area (Å²) in [7, 11) is 0. The Hall–Kier alpha value is -1.96. The summed E-state index contributed by atoms with van der Waals surface area (Å²) in [6, 6.07) is 12.0. The SMILES string of the molecule is O=C(OC[C@H]1O[C@H](O)C[C@@]1(O)C(=O)c1ccc(Cl)cc1)c1ccc(Cl)cc1. The number of ether oxygens (including phenoxy) is 2. The van der Waals surface area contributed by atoms with Crippen LogP contribution < -0.4 is 0 Å². The molecule has 8 heteroatoms. The van der Waals surface area contributed by atoms with Gasteiger partial charge in [-0.15, -0.1) is 0 Å². The number of ketones is 1. The summed E-state index contributed by atoms with van der Waals surface area (Å²) in [4.78, 5) is 24.9. The van der Waals surface area contributed by atoms with E-state index in [4.69, 9.17) is 32.7 Å². The molecule has 3 rings (SSSR count). The van der Waals surface area contributed by atoms with Gasteiger partial charge >= 0.3 is 5.97 Å². The molecule has 0 amide bonds. The Labute approximate surface area is 165 Å². The fourth-order valence-electron chi connectivity index (χ4n) is 2.84. The summed E-state index contributed by atoms with van der Waals surface area (Å²) in [6.45, 7) is -0.408. The van der Waals surface area contributed by atoms with Crippen molar-refractivity contribution in [1.29, 1.82) is 0 Å². The minimum absolute atomic E-state index is 0.202. The number of carbonyl (C=O) groups excluding carboxylic acids is 2. The van der Waals surface area contributed by atoms with Gasteiger partial charge in [-0.1, -0.05) is 23.2 Å². The molecule has 2 aromatic rings. The zero-order chi connectivity index (χ0) is 19.6. The minimum atomic E-state index is -2.03. The lowest BCUT2D eigenvalue weighted by Crippen LogP contribution is -2.48. The predicted molar refractivity (Wildman–Crippen MR) is 98.0 cm³/mol. The number of hydrogen-bond donors (Lipinski definition) is 2. The topological polar surface area (TPSA) is 93.1 Å². The molecule has 0 unspecified atom stereocenters. The molecule has 0 aliphatic carbocycles. The van der Waals surface area contributed by atoms with Crippen molar-refractivity contribution in [3.05, 3.63) is 69.7 Å². The fraction of sp³-hybridized carbons (Fsp3) is 0.263. The predicted octanol–water partition coefficient (Wildman–Crippen LogP) is 2.87. The van der Waals surface area contributed by atoms with Crippen LogP contribution in [0.1, 0.15) is 27.1 Å². The smallest absolute Gasteiger partial charge is 0.338 e. The Balaban J connectivity index is 1.73. The van der Waals surface area contributed by atoms with Gasteiger partial charge in [0.1, 0.15) is 12.7 Å². The number of rotatable bonds is 5. The highest BCUT2D eigenvalue weighted by atomic mass is 35.5. The molecule has 1 aliphatic heterocycles. The van der Waals surface area contributed by atoms with Crippen molar-refractivity contribution in [2.75, 3.05) is 6.61 Å². The van der Waals surface area contributed by atoms with Crippen LogP contribution in [0.3, 0.4) is 0 Å². The van der Waals surface area contributed by atoms with Crippen LogP contribution in [-0.4, -0.2) is 46.6 Å². The minimum Gasteiger partial charge on any atom is -0.459 e. The first-order chi connectivity index (χ1) is 12.8. The molecular formula is C19H16Cl2O6. The quantitative estimate of drug-likeness (QED) is 0.581. The van der Waals surface area contributed by atoms with E-state index in [1.807, 2.05) is 0 Å². The normalized spacial score (nSPS) is 24.6. The lowest BCUT2D eigenvalue weighted by Gasteiger charge is -2.26. The summed E-state index contributed by atoms with van der Waals surface area (Å²) in [5.74, 6) is -1.32. The maximum Gasteiger partial charge on any atom is 0.338 e. The van der Waals surface area contributed by atoms with Gasteiger partial charge in [-0.25, -0.2) is 4.79 Å². The van der Waals surface area contributed by atoms with E-state index in [-0.39, 0.29) is 17.5 Å². The van der Waals surface area contributed by atoms with Crippen molar-refractivity contribution < 1.29 is 29.3 Å². The maximum atomic E-state index is 12.7. The van der Waals surface area contributed by atoms with Crippen LogP contribution in [0.4, 0.5) is 0 Å². The standard InChI is InChI=1S/C19H16Cl2O6/c20-13-5-1-11(2-6-13)17(23)19(25)9-16(22)27-15(19)10-26-18(24)12-3-7-14(21)8-4-12/h1-8,15-16,22,25H,9-10H2/t15-,16+,19+/m1/s1. The lowest BCUT2D eigenvalue weighted by molar-refractivity contribution is -0.116. The number of aliphatic hydroxyl groups excluding tert-OH is 1. The first kappa shape index (κ1) is 19.8. The van der Waals surface area contributed by atoms with Crippen LogP contribution in [0, 0.1) is 0 Å². The molecule has 2 N–H and O–H groups in total. The third kappa shape index (κ3) is 4.31. The number of carbonyl (C=O) groups is 2.